The van der Waals surface area contributed by atoms with Crippen LogP contribution in [0.5, 0.6) is 0 Å². The molecule has 0 N–H and O–H groups in total. The van der Waals surface area contributed by atoms with Gasteiger partial charge in [0.2, 0.25) is 0 Å². The molecule has 0 aliphatic heterocycles. The highest BCUT2D eigenvalue weighted by Crippen LogP contribution is 2.37. The minimum atomic E-state index is -1.29. The number of carbonyl (C=O) groups excluding carboxylic acids is 1. The lowest BCUT2D eigenvalue weighted by Gasteiger charge is -2.22. The molecule has 0 fully saturated rings. The van der Waals surface area contributed by atoms with Crippen molar-refractivity contribution < 1.29 is 9.53 Å². The maximum Gasteiger partial charge on any atom is 0.331 e. The molecule has 2 aromatic carbocycles. The summed E-state index contributed by atoms with van der Waals surface area (Å²) in [4.78, 5) is 10.7. The Bertz CT molecular complexity index is 636. The van der Waals surface area contributed by atoms with Crippen molar-refractivity contribution in [2.24, 2.45) is 0 Å². The zero-order chi connectivity index (χ0) is 15.5. The summed E-state index contributed by atoms with van der Waals surface area (Å²) < 4.78 is 5.00. The van der Waals surface area contributed by atoms with E-state index in [1.54, 1.807) is 19.9 Å². The largest absolute Gasteiger partial charge is 0.464 e. The summed E-state index contributed by atoms with van der Waals surface area (Å²) in [5.41, 5.74) is 2.57. The monoisotopic (exact) mass is 322 g/mol. The van der Waals surface area contributed by atoms with Crippen LogP contribution in [0.15, 0.2) is 48.5 Å². The molecule has 0 spiro atoms. The summed E-state index contributed by atoms with van der Waals surface area (Å²) in [6.07, 6.45) is 0. The third-order valence-electron chi connectivity index (χ3n) is 3.24. The SMILES string of the molecule is CCOC(=O)C(C)(Cl)c1ccc(-c2ccccc2)cc1Cl. The fourth-order valence-corrected chi connectivity index (χ4v) is 2.72. The Balaban J connectivity index is 2.38. The van der Waals surface area contributed by atoms with Crippen LogP contribution in [0.3, 0.4) is 0 Å². The van der Waals surface area contributed by atoms with Crippen molar-refractivity contribution in [1.29, 1.82) is 0 Å². The fraction of sp³-hybridized carbons (Fsp3) is 0.235. The highest BCUT2D eigenvalue weighted by Gasteiger charge is 2.36. The van der Waals surface area contributed by atoms with Crippen LogP contribution in [0.4, 0.5) is 0 Å². The number of alkyl halides is 1. The van der Waals surface area contributed by atoms with Crippen LogP contribution in [-0.2, 0) is 14.4 Å². The number of carbonyl (C=O) groups is 1. The number of esters is 1. The molecule has 110 valence electrons. The van der Waals surface area contributed by atoms with E-state index in [1.807, 2.05) is 42.5 Å². The molecule has 2 rings (SSSR count). The Morgan fingerprint density at radius 2 is 1.81 bits per heavy atom. The first-order chi connectivity index (χ1) is 9.96. The van der Waals surface area contributed by atoms with Gasteiger partial charge < -0.3 is 4.74 Å². The number of hydrogen-bond donors (Lipinski definition) is 0. The summed E-state index contributed by atoms with van der Waals surface area (Å²) >= 11 is 12.7. The lowest BCUT2D eigenvalue weighted by atomic mass is 9.96. The Morgan fingerprint density at radius 1 is 1.14 bits per heavy atom. The van der Waals surface area contributed by atoms with Gasteiger partial charge >= 0.3 is 5.97 Å². The van der Waals surface area contributed by atoms with Gasteiger partial charge in [-0.2, -0.15) is 0 Å². The van der Waals surface area contributed by atoms with E-state index >= 15 is 0 Å². The van der Waals surface area contributed by atoms with Crippen molar-refractivity contribution >= 4 is 29.2 Å². The molecule has 2 aromatic rings. The number of hydrogen-bond acceptors (Lipinski definition) is 2. The van der Waals surface area contributed by atoms with Gasteiger partial charge in [0.1, 0.15) is 0 Å². The average Bonchev–Trinajstić information content (AvgIpc) is 2.48. The maximum atomic E-state index is 12.0. The lowest BCUT2D eigenvalue weighted by molar-refractivity contribution is -0.146. The molecule has 0 bridgehead atoms. The average molecular weight is 323 g/mol. The van der Waals surface area contributed by atoms with Crippen LogP contribution in [0, 0.1) is 0 Å². The third-order valence-corrected chi connectivity index (χ3v) is 3.91. The molecular weight excluding hydrogens is 307 g/mol. The van der Waals surface area contributed by atoms with E-state index in [0.717, 1.165) is 11.1 Å². The van der Waals surface area contributed by atoms with E-state index in [-0.39, 0.29) is 6.61 Å². The molecule has 1 unspecified atom stereocenters. The van der Waals surface area contributed by atoms with Crippen LogP contribution in [-0.4, -0.2) is 12.6 Å². The highest BCUT2D eigenvalue weighted by molar-refractivity contribution is 6.37. The van der Waals surface area contributed by atoms with E-state index in [4.69, 9.17) is 27.9 Å². The molecule has 0 heterocycles. The van der Waals surface area contributed by atoms with Gasteiger partial charge in [-0.05, 0) is 31.0 Å². The Hall–Kier alpha value is -1.51. The second-order valence-corrected chi connectivity index (χ2v) is 5.95. The Kier molecular flexibility index (Phi) is 4.92. The van der Waals surface area contributed by atoms with Crippen LogP contribution in [0.25, 0.3) is 11.1 Å². The quantitative estimate of drug-likeness (QED) is 0.583. The van der Waals surface area contributed by atoms with Crippen molar-refractivity contribution in [2.75, 3.05) is 6.61 Å². The third kappa shape index (κ3) is 3.39. The van der Waals surface area contributed by atoms with E-state index in [2.05, 4.69) is 0 Å². The predicted octanol–water partition coefficient (Wildman–Crippen LogP) is 5.02. The Labute approximate surface area is 134 Å². The van der Waals surface area contributed by atoms with Gasteiger partial charge in [-0.25, -0.2) is 4.79 Å². The van der Waals surface area contributed by atoms with Crippen molar-refractivity contribution in [3.8, 4) is 11.1 Å². The molecule has 0 saturated heterocycles. The molecule has 2 nitrogen and oxygen atoms in total. The molecule has 1 atom stereocenters. The first-order valence-electron chi connectivity index (χ1n) is 6.68. The van der Waals surface area contributed by atoms with Crippen LogP contribution in [0.2, 0.25) is 5.02 Å². The van der Waals surface area contributed by atoms with Gasteiger partial charge in [0.15, 0.2) is 4.87 Å². The van der Waals surface area contributed by atoms with E-state index < -0.39 is 10.8 Å². The zero-order valence-corrected chi connectivity index (χ0v) is 13.4. The van der Waals surface area contributed by atoms with Gasteiger partial charge in [-0.3, -0.25) is 0 Å². The lowest BCUT2D eigenvalue weighted by Crippen LogP contribution is -2.28. The summed E-state index contributed by atoms with van der Waals surface area (Å²) in [5, 5.41) is 0.446. The van der Waals surface area contributed by atoms with E-state index in [0.29, 0.717) is 10.6 Å². The standard InChI is InChI=1S/C17H16Cl2O2/c1-3-21-16(20)17(2,19)14-10-9-13(11-15(14)18)12-7-5-4-6-8-12/h4-11H,3H2,1-2H3. The summed E-state index contributed by atoms with van der Waals surface area (Å²) in [7, 11) is 0. The van der Waals surface area contributed by atoms with Gasteiger partial charge in [0.25, 0.3) is 0 Å². The second kappa shape index (κ2) is 6.50. The summed E-state index contributed by atoms with van der Waals surface area (Å²) in [6.45, 7) is 3.61. The van der Waals surface area contributed by atoms with E-state index in [9.17, 15) is 4.79 Å². The van der Waals surface area contributed by atoms with Crippen molar-refractivity contribution in [1.82, 2.24) is 0 Å². The molecule has 0 radical (unpaired) electrons. The molecule has 21 heavy (non-hydrogen) atoms. The highest BCUT2D eigenvalue weighted by atomic mass is 35.5. The van der Waals surface area contributed by atoms with Gasteiger partial charge in [0, 0.05) is 10.6 Å². The van der Waals surface area contributed by atoms with Crippen molar-refractivity contribution in [2.45, 2.75) is 18.7 Å². The Morgan fingerprint density at radius 3 is 2.38 bits per heavy atom. The van der Waals surface area contributed by atoms with Crippen LogP contribution >= 0.6 is 23.2 Å². The number of halogens is 2. The first kappa shape index (κ1) is 15.9. The molecule has 0 aliphatic rings. The van der Waals surface area contributed by atoms with Crippen molar-refractivity contribution in [3.63, 3.8) is 0 Å². The summed E-state index contributed by atoms with van der Waals surface area (Å²) in [6, 6.07) is 15.4. The first-order valence-corrected chi connectivity index (χ1v) is 7.44. The van der Waals surface area contributed by atoms with Crippen molar-refractivity contribution in [3.05, 3.63) is 59.1 Å². The predicted molar refractivity (Wildman–Crippen MR) is 86.7 cm³/mol. The molecule has 0 amide bonds. The minimum Gasteiger partial charge on any atom is -0.464 e. The number of rotatable bonds is 4. The van der Waals surface area contributed by atoms with Gasteiger partial charge in [0.05, 0.1) is 6.61 Å². The molecule has 0 aromatic heterocycles. The molecule has 0 saturated carbocycles. The molecule has 4 heteroatoms. The topological polar surface area (TPSA) is 26.3 Å². The second-order valence-electron chi connectivity index (χ2n) is 4.78. The van der Waals surface area contributed by atoms with Crippen LogP contribution in [0.1, 0.15) is 19.4 Å². The summed E-state index contributed by atoms with van der Waals surface area (Å²) in [5.74, 6) is -0.499. The van der Waals surface area contributed by atoms with Crippen LogP contribution < -0.4 is 0 Å². The number of ether oxygens (including phenoxy) is 1. The van der Waals surface area contributed by atoms with E-state index in [1.165, 1.54) is 0 Å². The zero-order valence-electron chi connectivity index (χ0n) is 11.9. The fourth-order valence-electron chi connectivity index (χ4n) is 2.08. The maximum absolute atomic E-state index is 12.0. The normalized spacial score (nSPS) is 13.5. The minimum absolute atomic E-state index is 0.279. The number of benzene rings is 2. The molecule has 0 aliphatic carbocycles. The van der Waals surface area contributed by atoms with Gasteiger partial charge in [-0.15, -0.1) is 11.6 Å². The van der Waals surface area contributed by atoms with Gasteiger partial charge in [-0.1, -0.05) is 54.1 Å². The molecular formula is C17H16Cl2O2. The smallest absolute Gasteiger partial charge is 0.331 e.